The highest BCUT2D eigenvalue weighted by Gasteiger charge is 2.15. The van der Waals surface area contributed by atoms with Gasteiger partial charge in [-0.15, -0.1) is 11.8 Å². The Morgan fingerprint density at radius 1 is 1.15 bits per heavy atom. The molecule has 0 aliphatic carbocycles. The van der Waals surface area contributed by atoms with Crippen molar-refractivity contribution < 1.29 is 18.3 Å². The molecule has 0 saturated carbocycles. The number of aromatic nitrogens is 1. The molecule has 0 N–H and O–H groups in total. The lowest BCUT2D eigenvalue weighted by Crippen LogP contribution is -2.18. The van der Waals surface area contributed by atoms with E-state index in [4.69, 9.17) is 4.74 Å². The molecule has 3 rings (SSSR count). The molecule has 1 aromatic heterocycles. The third kappa shape index (κ3) is 4.19. The van der Waals surface area contributed by atoms with Gasteiger partial charge < -0.3 is 9.30 Å². The molecule has 0 aliphatic heterocycles. The van der Waals surface area contributed by atoms with Gasteiger partial charge in [-0.2, -0.15) is 0 Å². The van der Waals surface area contributed by atoms with Crippen LogP contribution in [-0.4, -0.2) is 17.1 Å². The molecule has 140 valence electrons. The number of halogens is 2. The number of carbonyl (C=O) groups is 1. The number of thioether (sulfide) groups is 1. The molecular formula is C20H17F2NO3S. The number of hydrogen-bond donors (Lipinski definition) is 0. The minimum Gasteiger partial charge on any atom is -0.465 e. The summed E-state index contributed by atoms with van der Waals surface area (Å²) in [5.41, 5.74) is 0.566. The van der Waals surface area contributed by atoms with Crippen LogP contribution in [-0.2, 0) is 21.8 Å². The first-order valence-corrected chi connectivity index (χ1v) is 9.33. The third-order valence-corrected chi connectivity index (χ3v) is 5.07. The SMILES string of the molecule is CCOC(=O)Cn1c(SCc2cccc(F)c2F)cc(=O)c2ccccc21. The minimum atomic E-state index is -0.921. The van der Waals surface area contributed by atoms with Gasteiger partial charge in [0.2, 0.25) is 0 Å². The summed E-state index contributed by atoms with van der Waals surface area (Å²) in [6.07, 6.45) is 0. The maximum atomic E-state index is 13.9. The number of rotatable bonds is 6. The highest BCUT2D eigenvalue weighted by Crippen LogP contribution is 2.27. The van der Waals surface area contributed by atoms with Crippen molar-refractivity contribution in [2.45, 2.75) is 24.2 Å². The second-order valence-corrected chi connectivity index (χ2v) is 6.75. The van der Waals surface area contributed by atoms with E-state index in [9.17, 15) is 18.4 Å². The Hall–Kier alpha value is -2.67. The first kappa shape index (κ1) is 19.1. The molecule has 1 heterocycles. The summed E-state index contributed by atoms with van der Waals surface area (Å²) in [5, 5.41) is 0.957. The van der Waals surface area contributed by atoms with Crippen molar-refractivity contribution in [1.29, 1.82) is 0 Å². The van der Waals surface area contributed by atoms with Gasteiger partial charge in [-0.3, -0.25) is 9.59 Å². The quantitative estimate of drug-likeness (QED) is 0.470. The molecule has 0 aliphatic rings. The van der Waals surface area contributed by atoms with Crippen LogP contribution in [0.15, 0.2) is 58.4 Å². The largest absolute Gasteiger partial charge is 0.465 e. The zero-order valence-electron chi connectivity index (χ0n) is 14.6. The maximum Gasteiger partial charge on any atom is 0.325 e. The van der Waals surface area contributed by atoms with Crippen molar-refractivity contribution in [3.8, 4) is 0 Å². The van der Waals surface area contributed by atoms with Crippen LogP contribution in [0.2, 0.25) is 0 Å². The van der Waals surface area contributed by atoms with Crippen LogP contribution >= 0.6 is 11.8 Å². The second kappa shape index (κ2) is 8.35. The lowest BCUT2D eigenvalue weighted by molar-refractivity contribution is -0.143. The molecule has 0 spiro atoms. The molecule has 3 aromatic rings. The Morgan fingerprint density at radius 3 is 2.70 bits per heavy atom. The van der Waals surface area contributed by atoms with Crippen LogP contribution in [0.3, 0.4) is 0 Å². The van der Waals surface area contributed by atoms with Crippen LogP contribution in [0, 0.1) is 11.6 Å². The number of fused-ring (bicyclic) bond motifs is 1. The number of para-hydroxylation sites is 1. The maximum absolute atomic E-state index is 13.9. The summed E-state index contributed by atoms with van der Waals surface area (Å²) in [6.45, 7) is 1.88. The van der Waals surface area contributed by atoms with Crippen LogP contribution in [0.5, 0.6) is 0 Å². The Bertz CT molecular complexity index is 1050. The minimum absolute atomic E-state index is 0.0808. The molecule has 0 amide bonds. The Morgan fingerprint density at radius 2 is 1.93 bits per heavy atom. The van der Waals surface area contributed by atoms with E-state index in [0.717, 1.165) is 17.8 Å². The first-order valence-electron chi connectivity index (χ1n) is 8.35. The molecule has 0 fully saturated rings. The summed E-state index contributed by atoms with van der Waals surface area (Å²) >= 11 is 1.16. The number of carbonyl (C=O) groups excluding carboxylic acids is 1. The normalized spacial score (nSPS) is 10.9. The number of esters is 1. The van der Waals surface area contributed by atoms with Gasteiger partial charge in [-0.25, -0.2) is 8.78 Å². The molecule has 4 nitrogen and oxygen atoms in total. The van der Waals surface area contributed by atoms with Gasteiger partial charge in [0.15, 0.2) is 17.1 Å². The highest BCUT2D eigenvalue weighted by atomic mass is 32.2. The monoisotopic (exact) mass is 389 g/mol. The highest BCUT2D eigenvalue weighted by molar-refractivity contribution is 7.98. The number of benzene rings is 2. The smallest absolute Gasteiger partial charge is 0.325 e. The molecule has 0 bridgehead atoms. The van der Waals surface area contributed by atoms with Gasteiger partial charge >= 0.3 is 5.97 Å². The zero-order chi connectivity index (χ0) is 19.4. The van der Waals surface area contributed by atoms with E-state index in [1.165, 1.54) is 18.2 Å². The van der Waals surface area contributed by atoms with E-state index < -0.39 is 17.6 Å². The summed E-state index contributed by atoms with van der Waals surface area (Å²) in [5.74, 6) is -2.16. The van der Waals surface area contributed by atoms with Gasteiger partial charge in [-0.1, -0.05) is 24.3 Å². The fraction of sp³-hybridized carbons (Fsp3) is 0.200. The Balaban J connectivity index is 2.01. The lowest BCUT2D eigenvalue weighted by atomic mass is 10.2. The average molecular weight is 389 g/mol. The summed E-state index contributed by atoms with van der Waals surface area (Å²) in [4.78, 5) is 24.4. The molecule has 7 heteroatoms. The fourth-order valence-corrected chi connectivity index (χ4v) is 3.77. The van der Waals surface area contributed by atoms with Gasteiger partial charge in [0, 0.05) is 22.8 Å². The number of ether oxygens (including phenoxy) is 1. The standard InChI is InChI=1S/C20H17F2NO3S/c1-2-26-19(25)11-23-16-9-4-3-7-14(16)17(24)10-18(23)27-12-13-6-5-8-15(21)20(13)22/h3-10H,2,11-12H2,1H3. The second-order valence-electron chi connectivity index (χ2n) is 5.76. The van der Waals surface area contributed by atoms with Gasteiger partial charge in [-0.05, 0) is 25.1 Å². The van der Waals surface area contributed by atoms with Crippen molar-refractivity contribution in [2.75, 3.05) is 6.61 Å². The topological polar surface area (TPSA) is 48.3 Å². The van der Waals surface area contributed by atoms with Gasteiger partial charge in [0.05, 0.1) is 17.1 Å². The van der Waals surface area contributed by atoms with E-state index in [-0.39, 0.29) is 29.9 Å². The van der Waals surface area contributed by atoms with Crippen LogP contribution < -0.4 is 5.43 Å². The Kier molecular flexibility index (Phi) is 5.91. The van der Waals surface area contributed by atoms with E-state index >= 15 is 0 Å². The lowest BCUT2D eigenvalue weighted by Gasteiger charge is -2.16. The zero-order valence-corrected chi connectivity index (χ0v) is 15.4. The molecule has 0 saturated heterocycles. The number of nitrogens with zero attached hydrogens (tertiary/aromatic N) is 1. The van der Waals surface area contributed by atoms with E-state index in [0.29, 0.717) is 15.9 Å². The first-order chi connectivity index (χ1) is 13.0. The number of pyridine rings is 1. The third-order valence-electron chi connectivity index (χ3n) is 3.98. The molecule has 0 unspecified atom stereocenters. The Labute approximate surface area is 158 Å². The molecular weight excluding hydrogens is 372 g/mol. The van der Waals surface area contributed by atoms with Crippen molar-refractivity contribution in [1.82, 2.24) is 4.57 Å². The average Bonchev–Trinajstić information content (AvgIpc) is 2.66. The molecule has 2 aromatic carbocycles. The fourth-order valence-electron chi connectivity index (χ4n) is 2.73. The van der Waals surface area contributed by atoms with E-state index in [1.807, 2.05) is 0 Å². The molecule has 27 heavy (non-hydrogen) atoms. The van der Waals surface area contributed by atoms with Crippen LogP contribution in [0.4, 0.5) is 8.78 Å². The van der Waals surface area contributed by atoms with Crippen LogP contribution in [0.1, 0.15) is 12.5 Å². The van der Waals surface area contributed by atoms with E-state index in [1.54, 1.807) is 35.8 Å². The van der Waals surface area contributed by atoms with Crippen LogP contribution in [0.25, 0.3) is 10.9 Å². The van der Waals surface area contributed by atoms with Crippen molar-refractivity contribution in [3.05, 3.63) is 76.0 Å². The van der Waals surface area contributed by atoms with Crippen molar-refractivity contribution in [2.24, 2.45) is 0 Å². The van der Waals surface area contributed by atoms with Gasteiger partial charge in [0.1, 0.15) is 6.54 Å². The molecule has 0 radical (unpaired) electrons. The summed E-state index contributed by atoms with van der Waals surface area (Å²) in [7, 11) is 0. The van der Waals surface area contributed by atoms with Gasteiger partial charge in [0.25, 0.3) is 0 Å². The van der Waals surface area contributed by atoms with Crippen molar-refractivity contribution >= 4 is 28.6 Å². The molecule has 0 atom stereocenters. The summed E-state index contributed by atoms with van der Waals surface area (Å²) in [6, 6.07) is 12.3. The predicted octanol–water partition coefficient (Wildman–Crippen LogP) is 4.14. The van der Waals surface area contributed by atoms with Crippen molar-refractivity contribution in [3.63, 3.8) is 0 Å². The summed E-state index contributed by atoms with van der Waals surface area (Å²) < 4.78 is 34.0. The number of hydrogen-bond acceptors (Lipinski definition) is 4. The van der Waals surface area contributed by atoms with E-state index in [2.05, 4.69) is 0 Å². The predicted molar refractivity (Wildman–Crippen MR) is 101 cm³/mol.